The van der Waals surface area contributed by atoms with Gasteiger partial charge in [-0.3, -0.25) is 4.79 Å². The third kappa shape index (κ3) is 5.39. The SMILES string of the molecule is COCC(C)NC(=O)c1cc(Cl)c(OCC(C)C)c(OC)c1. The Morgan fingerprint density at radius 3 is 2.45 bits per heavy atom. The van der Waals surface area contributed by atoms with Gasteiger partial charge in [-0.05, 0) is 25.0 Å². The smallest absolute Gasteiger partial charge is 0.251 e. The average Bonchev–Trinajstić information content (AvgIpc) is 2.45. The fourth-order valence-corrected chi connectivity index (χ4v) is 2.11. The van der Waals surface area contributed by atoms with Gasteiger partial charge in [-0.1, -0.05) is 25.4 Å². The average molecular weight is 330 g/mol. The summed E-state index contributed by atoms with van der Waals surface area (Å²) in [5.74, 6) is 1.02. The van der Waals surface area contributed by atoms with Crippen molar-refractivity contribution in [2.75, 3.05) is 27.4 Å². The Kier molecular flexibility index (Phi) is 7.48. The third-order valence-electron chi connectivity index (χ3n) is 2.85. The van der Waals surface area contributed by atoms with Gasteiger partial charge in [0.1, 0.15) is 0 Å². The molecule has 124 valence electrons. The highest BCUT2D eigenvalue weighted by molar-refractivity contribution is 6.32. The van der Waals surface area contributed by atoms with Crippen molar-refractivity contribution in [3.63, 3.8) is 0 Å². The first-order chi connectivity index (χ1) is 10.4. The van der Waals surface area contributed by atoms with Gasteiger partial charge in [-0.15, -0.1) is 0 Å². The molecule has 0 aliphatic carbocycles. The second-order valence-electron chi connectivity index (χ2n) is 5.52. The van der Waals surface area contributed by atoms with Crippen LogP contribution < -0.4 is 14.8 Å². The molecule has 1 N–H and O–H groups in total. The van der Waals surface area contributed by atoms with Gasteiger partial charge in [-0.25, -0.2) is 0 Å². The van der Waals surface area contributed by atoms with Crippen molar-refractivity contribution in [2.45, 2.75) is 26.8 Å². The zero-order chi connectivity index (χ0) is 16.7. The Bertz CT molecular complexity index is 505. The summed E-state index contributed by atoms with van der Waals surface area (Å²) < 4.78 is 16.0. The molecule has 1 unspecified atom stereocenters. The van der Waals surface area contributed by atoms with Gasteiger partial charge in [-0.2, -0.15) is 0 Å². The van der Waals surface area contributed by atoms with E-state index in [4.69, 9.17) is 25.8 Å². The molecular formula is C16H24ClNO4. The molecule has 0 bridgehead atoms. The Labute approximate surface area is 136 Å². The number of benzene rings is 1. The van der Waals surface area contributed by atoms with Gasteiger partial charge < -0.3 is 19.5 Å². The number of rotatable bonds is 8. The van der Waals surface area contributed by atoms with Crippen LogP contribution in [-0.4, -0.2) is 39.4 Å². The van der Waals surface area contributed by atoms with Crippen LogP contribution in [0.1, 0.15) is 31.1 Å². The molecule has 0 heterocycles. The quantitative estimate of drug-likeness (QED) is 0.796. The van der Waals surface area contributed by atoms with Crippen LogP contribution in [0.3, 0.4) is 0 Å². The molecule has 1 rings (SSSR count). The molecule has 0 aliphatic rings. The standard InChI is InChI=1S/C16H24ClNO4/c1-10(2)8-22-15-13(17)6-12(7-14(15)21-5)16(19)18-11(3)9-20-4/h6-7,10-11H,8-9H2,1-5H3,(H,18,19). The molecule has 22 heavy (non-hydrogen) atoms. The molecule has 0 aromatic heterocycles. The number of hydrogen-bond acceptors (Lipinski definition) is 4. The Hall–Kier alpha value is -1.46. The van der Waals surface area contributed by atoms with Gasteiger partial charge >= 0.3 is 0 Å². The van der Waals surface area contributed by atoms with Gasteiger partial charge in [0.2, 0.25) is 0 Å². The van der Waals surface area contributed by atoms with Crippen molar-refractivity contribution in [1.82, 2.24) is 5.32 Å². The molecule has 5 nitrogen and oxygen atoms in total. The Morgan fingerprint density at radius 2 is 1.91 bits per heavy atom. The van der Waals surface area contributed by atoms with E-state index in [1.165, 1.54) is 7.11 Å². The zero-order valence-corrected chi connectivity index (χ0v) is 14.5. The fourth-order valence-electron chi connectivity index (χ4n) is 1.84. The Balaban J connectivity index is 2.94. The van der Waals surface area contributed by atoms with Gasteiger partial charge in [0.25, 0.3) is 5.91 Å². The number of nitrogens with one attached hydrogen (secondary N) is 1. The summed E-state index contributed by atoms with van der Waals surface area (Å²) in [5.41, 5.74) is 0.418. The van der Waals surface area contributed by atoms with Crippen LogP contribution >= 0.6 is 11.6 Å². The van der Waals surface area contributed by atoms with E-state index in [0.717, 1.165) is 0 Å². The number of halogens is 1. The molecule has 0 radical (unpaired) electrons. The number of hydrogen-bond donors (Lipinski definition) is 1. The largest absolute Gasteiger partial charge is 0.493 e. The maximum Gasteiger partial charge on any atom is 0.251 e. The molecular weight excluding hydrogens is 306 g/mol. The van der Waals surface area contributed by atoms with Crippen molar-refractivity contribution in [3.8, 4) is 11.5 Å². The second-order valence-corrected chi connectivity index (χ2v) is 5.93. The van der Waals surface area contributed by atoms with Crippen molar-refractivity contribution in [3.05, 3.63) is 22.7 Å². The predicted molar refractivity (Wildman–Crippen MR) is 87.1 cm³/mol. The molecule has 6 heteroatoms. The van der Waals surface area contributed by atoms with E-state index in [0.29, 0.717) is 41.2 Å². The highest BCUT2D eigenvalue weighted by Gasteiger charge is 2.17. The zero-order valence-electron chi connectivity index (χ0n) is 13.7. The minimum atomic E-state index is -0.236. The number of ether oxygens (including phenoxy) is 3. The summed E-state index contributed by atoms with van der Waals surface area (Å²) >= 11 is 6.23. The van der Waals surface area contributed by atoms with Crippen molar-refractivity contribution >= 4 is 17.5 Å². The maximum absolute atomic E-state index is 12.2. The molecule has 1 aromatic carbocycles. The summed E-state index contributed by atoms with van der Waals surface area (Å²) in [6.07, 6.45) is 0. The lowest BCUT2D eigenvalue weighted by atomic mass is 10.1. The summed E-state index contributed by atoms with van der Waals surface area (Å²) in [6.45, 7) is 6.90. The first-order valence-corrected chi connectivity index (χ1v) is 7.57. The molecule has 1 amide bonds. The van der Waals surface area contributed by atoms with Crippen LogP contribution in [0.15, 0.2) is 12.1 Å². The van der Waals surface area contributed by atoms with E-state index >= 15 is 0 Å². The van der Waals surface area contributed by atoms with Crippen molar-refractivity contribution in [2.24, 2.45) is 5.92 Å². The monoisotopic (exact) mass is 329 g/mol. The van der Waals surface area contributed by atoms with Crippen LogP contribution in [-0.2, 0) is 4.74 Å². The lowest BCUT2D eigenvalue weighted by molar-refractivity contribution is 0.0905. The van der Waals surface area contributed by atoms with Crippen LogP contribution in [0.4, 0.5) is 0 Å². The summed E-state index contributed by atoms with van der Waals surface area (Å²) in [6, 6.07) is 3.10. The number of methoxy groups -OCH3 is 2. The number of amides is 1. The van der Waals surface area contributed by atoms with E-state index < -0.39 is 0 Å². The van der Waals surface area contributed by atoms with E-state index in [1.54, 1.807) is 19.2 Å². The minimum Gasteiger partial charge on any atom is -0.493 e. The molecule has 0 aliphatic heterocycles. The second kappa shape index (κ2) is 8.86. The van der Waals surface area contributed by atoms with E-state index in [2.05, 4.69) is 5.32 Å². The molecule has 0 saturated heterocycles. The first kappa shape index (κ1) is 18.6. The van der Waals surface area contributed by atoms with Crippen LogP contribution in [0.25, 0.3) is 0 Å². The molecule has 0 saturated carbocycles. The van der Waals surface area contributed by atoms with E-state index in [9.17, 15) is 4.79 Å². The number of carbonyl (C=O) groups is 1. The van der Waals surface area contributed by atoms with Gasteiger partial charge in [0, 0.05) is 18.7 Å². The van der Waals surface area contributed by atoms with Crippen LogP contribution in [0.2, 0.25) is 5.02 Å². The third-order valence-corrected chi connectivity index (χ3v) is 3.13. The topological polar surface area (TPSA) is 56.8 Å². The molecule has 1 atom stereocenters. The molecule has 0 spiro atoms. The van der Waals surface area contributed by atoms with E-state index in [1.807, 2.05) is 20.8 Å². The highest BCUT2D eigenvalue weighted by atomic mass is 35.5. The number of carbonyl (C=O) groups excluding carboxylic acids is 1. The lowest BCUT2D eigenvalue weighted by Gasteiger charge is -2.16. The molecule has 0 fully saturated rings. The minimum absolute atomic E-state index is 0.0980. The predicted octanol–water partition coefficient (Wildman–Crippen LogP) is 3.15. The van der Waals surface area contributed by atoms with Crippen molar-refractivity contribution in [1.29, 1.82) is 0 Å². The summed E-state index contributed by atoms with van der Waals surface area (Å²) in [5, 5.41) is 3.18. The van der Waals surface area contributed by atoms with Crippen LogP contribution in [0, 0.1) is 5.92 Å². The van der Waals surface area contributed by atoms with Gasteiger partial charge in [0.15, 0.2) is 11.5 Å². The lowest BCUT2D eigenvalue weighted by Crippen LogP contribution is -2.35. The van der Waals surface area contributed by atoms with Gasteiger partial charge in [0.05, 0.1) is 25.3 Å². The fraction of sp³-hybridized carbons (Fsp3) is 0.562. The first-order valence-electron chi connectivity index (χ1n) is 7.19. The van der Waals surface area contributed by atoms with E-state index in [-0.39, 0.29) is 11.9 Å². The summed E-state index contributed by atoms with van der Waals surface area (Å²) in [7, 11) is 3.10. The van der Waals surface area contributed by atoms with Crippen LogP contribution in [0.5, 0.6) is 11.5 Å². The maximum atomic E-state index is 12.2. The Morgan fingerprint density at radius 1 is 1.23 bits per heavy atom. The van der Waals surface area contributed by atoms with Crippen molar-refractivity contribution < 1.29 is 19.0 Å². The normalized spacial score (nSPS) is 12.1. The highest BCUT2D eigenvalue weighted by Crippen LogP contribution is 2.36. The summed E-state index contributed by atoms with van der Waals surface area (Å²) in [4.78, 5) is 12.2. The molecule has 1 aromatic rings.